The molecule has 0 aromatic heterocycles. The van der Waals surface area contributed by atoms with Crippen LogP contribution in [0.2, 0.25) is 0 Å². The average Bonchev–Trinajstić information content (AvgIpc) is 2.30. The summed E-state index contributed by atoms with van der Waals surface area (Å²) < 4.78 is 0. The van der Waals surface area contributed by atoms with Gasteiger partial charge in [0.1, 0.15) is 0 Å². The van der Waals surface area contributed by atoms with Gasteiger partial charge >= 0.3 is 0 Å². The first-order valence-corrected chi connectivity index (χ1v) is 6.43. The Morgan fingerprint density at radius 3 is 2.28 bits per heavy atom. The first kappa shape index (κ1) is 16.3. The van der Waals surface area contributed by atoms with Gasteiger partial charge in [-0.05, 0) is 40.2 Å². The molecule has 0 N–H and O–H groups in total. The van der Waals surface area contributed by atoms with Crippen molar-refractivity contribution in [2.45, 2.75) is 47.5 Å². The second kappa shape index (κ2) is 8.43. The molecule has 0 saturated heterocycles. The lowest BCUT2D eigenvalue weighted by molar-refractivity contribution is 0.571. The zero-order valence-electron chi connectivity index (χ0n) is 12.4. The van der Waals surface area contributed by atoms with E-state index in [0.717, 1.165) is 24.0 Å². The maximum Gasteiger partial charge on any atom is 0.0398 e. The summed E-state index contributed by atoms with van der Waals surface area (Å²) in [7, 11) is 0. The zero-order chi connectivity index (χ0) is 14.0. The van der Waals surface area contributed by atoms with E-state index in [2.05, 4.69) is 70.1 Å². The lowest BCUT2D eigenvalue weighted by Crippen LogP contribution is -1.99. The van der Waals surface area contributed by atoms with Crippen LogP contribution in [0.4, 0.5) is 0 Å². The van der Waals surface area contributed by atoms with E-state index in [0.29, 0.717) is 0 Å². The maximum absolute atomic E-state index is 3.81. The highest BCUT2D eigenvalue weighted by atomic mass is 14.1. The molecule has 0 rings (SSSR count). The first-order chi connectivity index (χ1) is 8.44. The van der Waals surface area contributed by atoms with Crippen molar-refractivity contribution in [3.8, 4) is 23.7 Å². The zero-order valence-corrected chi connectivity index (χ0v) is 12.4. The Labute approximate surface area is 113 Å². The van der Waals surface area contributed by atoms with Gasteiger partial charge in [-0.15, -0.1) is 5.92 Å². The van der Waals surface area contributed by atoms with E-state index < -0.39 is 0 Å². The van der Waals surface area contributed by atoms with Crippen LogP contribution in [0.3, 0.4) is 0 Å². The van der Waals surface area contributed by atoms with Crippen molar-refractivity contribution in [3.63, 3.8) is 0 Å². The van der Waals surface area contributed by atoms with Crippen LogP contribution in [0.15, 0.2) is 36.0 Å². The van der Waals surface area contributed by atoms with Gasteiger partial charge in [0.25, 0.3) is 0 Å². The Kier molecular flexibility index (Phi) is 7.66. The molecule has 0 aromatic carbocycles. The molecule has 0 heterocycles. The molecule has 0 aliphatic rings. The van der Waals surface area contributed by atoms with Crippen LogP contribution in [0, 0.1) is 29.1 Å². The normalized spacial score (nSPS) is 12.1. The van der Waals surface area contributed by atoms with E-state index in [1.165, 1.54) is 0 Å². The number of unbranched alkanes of at least 4 members (excludes halogenated alkanes) is 1. The predicted octanol–water partition coefficient (Wildman–Crippen LogP) is 4.90. The minimum atomic E-state index is -0.00420. The van der Waals surface area contributed by atoms with E-state index >= 15 is 0 Å². The number of rotatable bonds is 4. The molecule has 0 bridgehead atoms. The van der Waals surface area contributed by atoms with E-state index in [4.69, 9.17) is 0 Å². The fourth-order valence-corrected chi connectivity index (χ4v) is 1.18. The van der Waals surface area contributed by atoms with Gasteiger partial charge in [-0.25, -0.2) is 0 Å². The van der Waals surface area contributed by atoms with Crippen LogP contribution in [0.5, 0.6) is 0 Å². The molecule has 0 heteroatoms. The molecule has 0 amide bonds. The Morgan fingerprint density at radius 2 is 1.83 bits per heavy atom. The van der Waals surface area contributed by atoms with E-state index in [1.54, 1.807) is 6.08 Å². The van der Waals surface area contributed by atoms with Crippen LogP contribution in [-0.2, 0) is 0 Å². The predicted molar refractivity (Wildman–Crippen MR) is 82.0 cm³/mol. The second-order valence-electron chi connectivity index (χ2n) is 5.10. The molecule has 96 valence electrons. The molecule has 0 aliphatic carbocycles. The number of hydrogen-bond acceptors (Lipinski definition) is 0. The van der Waals surface area contributed by atoms with Gasteiger partial charge in [0.15, 0.2) is 0 Å². The molecular weight excluding hydrogens is 216 g/mol. The summed E-state index contributed by atoms with van der Waals surface area (Å²) >= 11 is 0. The third kappa shape index (κ3) is 7.59. The minimum Gasteiger partial charge on any atom is -0.101 e. The van der Waals surface area contributed by atoms with Gasteiger partial charge in [-0.2, -0.15) is 0 Å². The van der Waals surface area contributed by atoms with Gasteiger partial charge < -0.3 is 0 Å². The van der Waals surface area contributed by atoms with Crippen molar-refractivity contribution in [1.82, 2.24) is 0 Å². The van der Waals surface area contributed by atoms with Crippen LogP contribution in [0.1, 0.15) is 47.5 Å². The molecule has 0 saturated carbocycles. The van der Waals surface area contributed by atoms with Gasteiger partial charge in [0.05, 0.1) is 0 Å². The van der Waals surface area contributed by atoms with Crippen molar-refractivity contribution >= 4 is 0 Å². The molecule has 0 fully saturated rings. The fraction of sp³-hybridized carbons (Fsp3) is 0.444. The van der Waals surface area contributed by atoms with Crippen LogP contribution in [-0.4, -0.2) is 0 Å². The summed E-state index contributed by atoms with van der Waals surface area (Å²) in [5.41, 5.74) is 1.86. The Bertz CT molecular complexity index is 442. The molecule has 0 unspecified atom stereocenters. The molecular formula is C18H24. The summed E-state index contributed by atoms with van der Waals surface area (Å²) in [5.74, 6) is 12.4. The second-order valence-corrected chi connectivity index (χ2v) is 5.10. The Morgan fingerprint density at radius 1 is 1.17 bits per heavy atom. The molecule has 0 atom stereocenters. The van der Waals surface area contributed by atoms with Crippen molar-refractivity contribution < 1.29 is 0 Å². The smallest absolute Gasteiger partial charge is 0.0398 e. The standard InChI is InChI=1S/C18H24/c1-7-10-11-13-17(14-15-18(4,5)6)16(9-3)12-8-2/h9,11,13H,3,7,10H2,1-2,4-6H3/b13-11+,17-16+. The maximum atomic E-state index is 3.81. The summed E-state index contributed by atoms with van der Waals surface area (Å²) in [4.78, 5) is 0. The third-order valence-electron chi connectivity index (χ3n) is 2.07. The largest absolute Gasteiger partial charge is 0.101 e. The van der Waals surface area contributed by atoms with Gasteiger partial charge in [0.2, 0.25) is 0 Å². The monoisotopic (exact) mass is 240 g/mol. The molecule has 0 spiro atoms. The Balaban J connectivity index is 5.45. The SMILES string of the molecule is C=C/C(C#CC)=C(C#CC(C)(C)C)/C=C/CCC. The van der Waals surface area contributed by atoms with Gasteiger partial charge in [-0.1, -0.05) is 49.8 Å². The first-order valence-electron chi connectivity index (χ1n) is 6.43. The van der Waals surface area contributed by atoms with E-state index in [1.807, 2.05) is 6.92 Å². The van der Waals surface area contributed by atoms with Gasteiger partial charge in [0, 0.05) is 16.6 Å². The topological polar surface area (TPSA) is 0 Å². The molecule has 0 radical (unpaired) electrons. The minimum absolute atomic E-state index is 0.00420. The average molecular weight is 240 g/mol. The van der Waals surface area contributed by atoms with Crippen molar-refractivity contribution in [1.29, 1.82) is 0 Å². The van der Waals surface area contributed by atoms with Crippen molar-refractivity contribution in [2.75, 3.05) is 0 Å². The van der Waals surface area contributed by atoms with Crippen LogP contribution < -0.4 is 0 Å². The number of hydrogen-bond donors (Lipinski definition) is 0. The molecule has 0 aromatic rings. The lowest BCUT2D eigenvalue weighted by Gasteiger charge is -2.07. The quantitative estimate of drug-likeness (QED) is 0.484. The van der Waals surface area contributed by atoms with E-state index in [-0.39, 0.29) is 5.41 Å². The summed E-state index contributed by atoms with van der Waals surface area (Å²) in [5, 5.41) is 0. The van der Waals surface area contributed by atoms with Crippen LogP contribution >= 0.6 is 0 Å². The molecule has 18 heavy (non-hydrogen) atoms. The van der Waals surface area contributed by atoms with Crippen molar-refractivity contribution in [2.24, 2.45) is 5.41 Å². The highest BCUT2D eigenvalue weighted by Crippen LogP contribution is 2.13. The van der Waals surface area contributed by atoms with Gasteiger partial charge in [-0.3, -0.25) is 0 Å². The molecule has 0 nitrogen and oxygen atoms in total. The summed E-state index contributed by atoms with van der Waals surface area (Å²) in [6, 6.07) is 0. The van der Waals surface area contributed by atoms with E-state index in [9.17, 15) is 0 Å². The lowest BCUT2D eigenvalue weighted by atomic mass is 9.96. The van der Waals surface area contributed by atoms with Crippen LogP contribution in [0.25, 0.3) is 0 Å². The number of allylic oxidation sites excluding steroid dienone is 5. The highest BCUT2D eigenvalue weighted by molar-refractivity contribution is 5.53. The fourth-order valence-electron chi connectivity index (χ4n) is 1.18. The van der Waals surface area contributed by atoms with Crippen molar-refractivity contribution in [3.05, 3.63) is 36.0 Å². The third-order valence-corrected chi connectivity index (χ3v) is 2.07. The highest BCUT2D eigenvalue weighted by Gasteiger charge is 2.04. The molecule has 0 aliphatic heterocycles. The summed E-state index contributed by atoms with van der Waals surface area (Å²) in [6.07, 6.45) is 8.18. The Hall–Kier alpha value is -1.66. The summed E-state index contributed by atoms with van der Waals surface area (Å²) in [6.45, 7) is 14.1.